The third-order valence-corrected chi connectivity index (χ3v) is 3.65. The van der Waals surface area contributed by atoms with Crippen LogP contribution in [0.1, 0.15) is 6.42 Å². The van der Waals surface area contributed by atoms with Crippen LogP contribution in [0.15, 0.2) is 0 Å². The quantitative estimate of drug-likeness (QED) is 0.414. The highest BCUT2D eigenvalue weighted by atomic mass is 35.5. The molecule has 0 heterocycles. The lowest BCUT2D eigenvalue weighted by Gasteiger charge is -2.26. The molecule has 8 heteroatoms. The first-order valence-electron chi connectivity index (χ1n) is 4.36. The smallest absolute Gasteiger partial charge is 0.305 e. The standard InChI is InChI=1S/C7H14Cl2N3O2P/c8-2-5-12(6-3-9)15(11,13)14-7-1-4-10/h1-3,5-7H2,(H2,11,13). The zero-order valence-electron chi connectivity index (χ0n) is 8.23. The molecule has 1 atom stereocenters. The Labute approximate surface area is 99.6 Å². The lowest BCUT2D eigenvalue weighted by atomic mass is 10.5. The number of hydrogen-bond acceptors (Lipinski definition) is 3. The highest BCUT2D eigenvalue weighted by Crippen LogP contribution is 2.42. The van der Waals surface area contributed by atoms with Gasteiger partial charge in [0.15, 0.2) is 0 Å². The van der Waals surface area contributed by atoms with Crippen LogP contribution in [0.25, 0.3) is 0 Å². The van der Waals surface area contributed by atoms with Gasteiger partial charge < -0.3 is 4.52 Å². The van der Waals surface area contributed by atoms with Crippen molar-refractivity contribution in [3.63, 3.8) is 0 Å². The van der Waals surface area contributed by atoms with Crippen molar-refractivity contribution < 1.29 is 9.09 Å². The van der Waals surface area contributed by atoms with Crippen LogP contribution < -0.4 is 5.50 Å². The zero-order valence-corrected chi connectivity index (χ0v) is 10.6. The number of nitrogens with two attached hydrogens (primary N) is 1. The zero-order chi connectivity index (χ0) is 11.7. The topological polar surface area (TPSA) is 79.3 Å². The summed E-state index contributed by atoms with van der Waals surface area (Å²) >= 11 is 11.1. The predicted molar refractivity (Wildman–Crippen MR) is 61.0 cm³/mol. The summed E-state index contributed by atoms with van der Waals surface area (Å²) in [5.41, 5.74) is 5.51. The van der Waals surface area contributed by atoms with Crippen molar-refractivity contribution in [2.45, 2.75) is 6.42 Å². The van der Waals surface area contributed by atoms with Gasteiger partial charge in [-0.1, -0.05) is 0 Å². The maximum Gasteiger partial charge on any atom is 0.340 e. The fraction of sp³-hybridized carbons (Fsp3) is 0.857. The van der Waals surface area contributed by atoms with E-state index in [2.05, 4.69) is 0 Å². The summed E-state index contributed by atoms with van der Waals surface area (Å²) in [6.07, 6.45) is 0.150. The second-order valence-electron chi connectivity index (χ2n) is 2.64. The van der Waals surface area contributed by atoms with Crippen LogP contribution >= 0.6 is 30.9 Å². The maximum atomic E-state index is 11.8. The lowest BCUT2D eigenvalue weighted by molar-refractivity contribution is 0.271. The van der Waals surface area contributed by atoms with Gasteiger partial charge in [-0.3, -0.25) is 4.57 Å². The van der Waals surface area contributed by atoms with Gasteiger partial charge in [0.2, 0.25) is 0 Å². The van der Waals surface area contributed by atoms with Crippen LogP contribution in [-0.2, 0) is 9.09 Å². The first-order valence-corrected chi connectivity index (χ1v) is 7.07. The molecule has 0 aromatic heterocycles. The molecule has 0 saturated heterocycles. The van der Waals surface area contributed by atoms with Gasteiger partial charge >= 0.3 is 7.67 Å². The Kier molecular flexibility index (Phi) is 8.45. The van der Waals surface area contributed by atoms with E-state index in [1.165, 1.54) is 4.67 Å². The number of nitrogens with zero attached hydrogens (tertiary/aromatic N) is 2. The Morgan fingerprint density at radius 2 is 1.93 bits per heavy atom. The van der Waals surface area contributed by atoms with E-state index in [1.54, 1.807) is 0 Å². The number of alkyl halides is 2. The maximum absolute atomic E-state index is 11.8. The molecule has 0 bridgehead atoms. The monoisotopic (exact) mass is 273 g/mol. The molecule has 0 aliphatic rings. The van der Waals surface area contributed by atoms with E-state index >= 15 is 0 Å². The highest BCUT2D eigenvalue weighted by Gasteiger charge is 2.26. The molecule has 0 aromatic rings. The molecule has 0 aliphatic heterocycles. The van der Waals surface area contributed by atoms with Crippen molar-refractivity contribution in [3.8, 4) is 6.07 Å². The number of hydrogen-bond donors (Lipinski definition) is 1. The van der Waals surface area contributed by atoms with E-state index in [1.807, 2.05) is 6.07 Å². The molecule has 0 aromatic carbocycles. The van der Waals surface area contributed by atoms with Gasteiger partial charge in [0.1, 0.15) is 0 Å². The molecule has 15 heavy (non-hydrogen) atoms. The summed E-state index contributed by atoms with van der Waals surface area (Å²) < 4.78 is 18.2. The van der Waals surface area contributed by atoms with Gasteiger partial charge in [0, 0.05) is 24.8 Å². The molecule has 0 fully saturated rings. The molecule has 88 valence electrons. The van der Waals surface area contributed by atoms with E-state index in [4.69, 9.17) is 38.5 Å². The molecule has 1 unspecified atom stereocenters. The Morgan fingerprint density at radius 3 is 2.33 bits per heavy atom. The van der Waals surface area contributed by atoms with E-state index in [0.29, 0.717) is 24.8 Å². The van der Waals surface area contributed by atoms with Gasteiger partial charge in [0.25, 0.3) is 0 Å². The largest absolute Gasteiger partial charge is 0.340 e. The molecule has 0 saturated carbocycles. The highest BCUT2D eigenvalue weighted by molar-refractivity contribution is 7.53. The summed E-state index contributed by atoms with van der Waals surface area (Å²) in [5, 5.41) is 8.29. The van der Waals surface area contributed by atoms with E-state index in [-0.39, 0.29) is 13.0 Å². The fourth-order valence-electron chi connectivity index (χ4n) is 0.889. The van der Waals surface area contributed by atoms with Crippen molar-refractivity contribution in [1.29, 1.82) is 5.26 Å². The Morgan fingerprint density at radius 1 is 1.40 bits per heavy atom. The average molecular weight is 274 g/mol. The van der Waals surface area contributed by atoms with Crippen LogP contribution in [0, 0.1) is 11.3 Å². The summed E-state index contributed by atoms with van der Waals surface area (Å²) in [7, 11) is -3.35. The molecule has 5 nitrogen and oxygen atoms in total. The molecule has 2 N–H and O–H groups in total. The minimum atomic E-state index is -3.35. The van der Waals surface area contributed by atoms with Crippen LogP contribution in [0.5, 0.6) is 0 Å². The van der Waals surface area contributed by atoms with E-state index in [0.717, 1.165) is 0 Å². The number of nitriles is 1. The van der Waals surface area contributed by atoms with Gasteiger partial charge in [-0.05, 0) is 0 Å². The number of rotatable bonds is 8. The number of halogens is 2. The fourth-order valence-corrected chi connectivity index (χ4v) is 2.81. The summed E-state index contributed by atoms with van der Waals surface area (Å²) in [6.45, 7) is 0.731. The molecule has 0 spiro atoms. The normalized spacial score (nSPS) is 14.9. The molecule has 0 amide bonds. The van der Waals surface area contributed by atoms with Gasteiger partial charge in [-0.25, -0.2) is 10.2 Å². The summed E-state index contributed by atoms with van der Waals surface area (Å²) in [5.74, 6) is 0.583. The summed E-state index contributed by atoms with van der Waals surface area (Å²) in [4.78, 5) is 0. The molecule has 0 aliphatic carbocycles. The SMILES string of the molecule is N#CCCOP(N)(=O)N(CCCl)CCCl. The molecule has 0 rings (SSSR count). The minimum absolute atomic E-state index is 0.0470. The molecular weight excluding hydrogens is 260 g/mol. The van der Waals surface area contributed by atoms with Gasteiger partial charge in [-0.2, -0.15) is 5.26 Å². The lowest BCUT2D eigenvalue weighted by Crippen LogP contribution is -2.29. The second kappa shape index (κ2) is 8.35. The van der Waals surface area contributed by atoms with E-state index < -0.39 is 7.67 Å². The predicted octanol–water partition coefficient (Wildman–Crippen LogP) is 1.76. The molecule has 0 radical (unpaired) electrons. The van der Waals surface area contributed by atoms with Crippen LogP contribution in [0.4, 0.5) is 0 Å². The van der Waals surface area contributed by atoms with Gasteiger partial charge in [-0.15, -0.1) is 23.2 Å². The van der Waals surface area contributed by atoms with Crippen molar-refractivity contribution >= 4 is 30.9 Å². The molecular formula is C7H14Cl2N3O2P. The first kappa shape index (κ1) is 15.2. The van der Waals surface area contributed by atoms with Crippen molar-refractivity contribution in [2.75, 3.05) is 31.5 Å². The summed E-state index contributed by atoms with van der Waals surface area (Å²) in [6, 6.07) is 1.87. The van der Waals surface area contributed by atoms with Crippen LogP contribution in [-0.4, -0.2) is 36.1 Å². The van der Waals surface area contributed by atoms with Crippen LogP contribution in [0.2, 0.25) is 0 Å². The second-order valence-corrected chi connectivity index (χ2v) is 5.35. The van der Waals surface area contributed by atoms with Crippen LogP contribution in [0.3, 0.4) is 0 Å². The van der Waals surface area contributed by atoms with Crippen molar-refractivity contribution in [3.05, 3.63) is 0 Å². The minimum Gasteiger partial charge on any atom is -0.305 e. The van der Waals surface area contributed by atoms with Gasteiger partial charge in [0.05, 0.1) is 19.1 Å². The Balaban J connectivity index is 4.22. The first-order chi connectivity index (χ1) is 7.08. The van der Waals surface area contributed by atoms with E-state index in [9.17, 15) is 4.57 Å². The third-order valence-electron chi connectivity index (χ3n) is 1.57. The third kappa shape index (κ3) is 6.36. The average Bonchev–Trinajstić information content (AvgIpc) is 2.18. The van der Waals surface area contributed by atoms with Crippen molar-refractivity contribution in [2.24, 2.45) is 5.50 Å². The Hall–Kier alpha value is 0.180. The van der Waals surface area contributed by atoms with Crippen molar-refractivity contribution in [1.82, 2.24) is 4.67 Å². The Bertz CT molecular complexity index is 253.